The fourth-order valence-electron chi connectivity index (χ4n) is 3.21. The molecule has 130 valence electrons. The molecule has 1 heterocycles. The Morgan fingerprint density at radius 2 is 1.64 bits per heavy atom. The van der Waals surface area contributed by atoms with E-state index in [4.69, 9.17) is 11.5 Å². The fourth-order valence-corrected chi connectivity index (χ4v) is 3.21. The van der Waals surface area contributed by atoms with Crippen LogP contribution in [0.1, 0.15) is 6.92 Å². The summed E-state index contributed by atoms with van der Waals surface area (Å²) in [7, 11) is 1.63. The molecule has 2 atom stereocenters. The van der Waals surface area contributed by atoms with E-state index in [9.17, 15) is 9.59 Å². The lowest BCUT2D eigenvalue weighted by Crippen LogP contribution is -2.67. The maximum absolute atomic E-state index is 13.1. The monoisotopic (exact) mass is 338 g/mol. The molecule has 2 aromatic rings. The first-order valence-corrected chi connectivity index (χ1v) is 8.15. The van der Waals surface area contributed by atoms with Gasteiger partial charge in [0.05, 0.1) is 24.0 Å². The third-order valence-electron chi connectivity index (χ3n) is 4.55. The standard InChI is InChI=1S/C19H22N4O2/c1-13(20)17(24)19(21)12-23(14-8-4-3-5-9-14)16-11-7-6-10-15(16)22(2)18(19)25/h3-11,13H,12,20-21H2,1-2H3/t13-,19?/m0/s1. The van der Waals surface area contributed by atoms with Crippen LogP contribution in [0.4, 0.5) is 17.1 Å². The SMILES string of the molecule is C[C@H](N)C(=O)C1(N)CN(c2ccccc2)c2ccccc2N(C)C1=O. The number of carbonyl (C=O) groups excluding carboxylic acids is 2. The molecule has 0 bridgehead atoms. The van der Waals surface area contributed by atoms with Gasteiger partial charge < -0.3 is 21.3 Å². The lowest BCUT2D eigenvalue weighted by Gasteiger charge is -2.33. The van der Waals surface area contributed by atoms with E-state index in [-0.39, 0.29) is 6.54 Å². The van der Waals surface area contributed by atoms with Crippen LogP contribution in [-0.4, -0.2) is 36.9 Å². The molecule has 2 aromatic carbocycles. The Hall–Kier alpha value is -2.70. The van der Waals surface area contributed by atoms with Crippen molar-refractivity contribution in [2.45, 2.75) is 18.5 Å². The van der Waals surface area contributed by atoms with Gasteiger partial charge in [-0.05, 0) is 31.2 Å². The summed E-state index contributed by atoms with van der Waals surface area (Å²) < 4.78 is 0. The number of ketones is 1. The molecule has 3 rings (SSSR count). The Bertz CT molecular complexity index is 806. The van der Waals surface area contributed by atoms with Crippen LogP contribution in [0.3, 0.4) is 0 Å². The van der Waals surface area contributed by atoms with Gasteiger partial charge in [-0.25, -0.2) is 0 Å². The van der Waals surface area contributed by atoms with Gasteiger partial charge in [0.1, 0.15) is 0 Å². The van der Waals surface area contributed by atoms with Crippen LogP contribution in [-0.2, 0) is 9.59 Å². The summed E-state index contributed by atoms with van der Waals surface area (Å²) in [5.74, 6) is -0.932. The maximum atomic E-state index is 13.1. The number of rotatable bonds is 3. The van der Waals surface area contributed by atoms with Gasteiger partial charge in [0.15, 0.2) is 11.3 Å². The molecule has 0 saturated heterocycles. The van der Waals surface area contributed by atoms with Gasteiger partial charge in [-0.15, -0.1) is 0 Å². The lowest BCUT2D eigenvalue weighted by molar-refractivity contribution is -0.134. The first kappa shape index (κ1) is 17.1. The number of Topliss-reactive ketones (excluding diaryl/α,β-unsaturated/α-hetero) is 1. The summed E-state index contributed by atoms with van der Waals surface area (Å²) in [5, 5.41) is 0. The minimum absolute atomic E-state index is 0.0254. The molecule has 25 heavy (non-hydrogen) atoms. The summed E-state index contributed by atoms with van der Waals surface area (Å²) in [6.07, 6.45) is 0. The quantitative estimate of drug-likeness (QED) is 0.826. The van der Waals surface area contributed by atoms with Gasteiger partial charge in [-0.1, -0.05) is 30.3 Å². The van der Waals surface area contributed by atoms with Crippen LogP contribution >= 0.6 is 0 Å². The topological polar surface area (TPSA) is 92.7 Å². The molecule has 0 spiro atoms. The van der Waals surface area contributed by atoms with Gasteiger partial charge in [0.2, 0.25) is 0 Å². The zero-order valence-corrected chi connectivity index (χ0v) is 14.3. The molecule has 4 N–H and O–H groups in total. The second-order valence-electron chi connectivity index (χ2n) is 6.40. The van der Waals surface area contributed by atoms with Crippen LogP contribution in [0.5, 0.6) is 0 Å². The number of hydrogen-bond donors (Lipinski definition) is 2. The number of fused-ring (bicyclic) bond motifs is 1. The van der Waals surface area contributed by atoms with Crippen molar-refractivity contribution >= 4 is 28.8 Å². The Balaban J connectivity index is 2.21. The Kier molecular flexibility index (Phi) is 4.32. The zero-order chi connectivity index (χ0) is 18.2. The molecular formula is C19H22N4O2. The predicted molar refractivity (Wildman–Crippen MR) is 98.9 cm³/mol. The largest absolute Gasteiger partial charge is 0.337 e. The zero-order valence-electron chi connectivity index (χ0n) is 14.3. The molecule has 1 amide bonds. The van der Waals surface area contributed by atoms with Crippen LogP contribution in [0.25, 0.3) is 0 Å². The van der Waals surface area contributed by atoms with E-state index >= 15 is 0 Å². The van der Waals surface area contributed by atoms with E-state index in [1.165, 1.54) is 4.90 Å². The highest BCUT2D eigenvalue weighted by Crippen LogP contribution is 2.38. The molecule has 6 heteroatoms. The highest BCUT2D eigenvalue weighted by atomic mass is 16.2. The third kappa shape index (κ3) is 2.79. The average molecular weight is 338 g/mol. The van der Waals surface area contributed by atoms with Crippen LogP contribution < -0.4 is 21.3 Å². The van der Waals surface area contributed by atoms with Crippen molar-refractivity contribution in [3.63, 3.8) is 0 Å². The maximum Gasteiger partial charge on any atom is 0.256 e. The van der Waals surface area contributed by atoms with Gasteiger partial charge in [-0.3, -0.25) is 9.59 Å². The van der Waals surface area contributed by atoms with E-state index in [0.717, 1.165) is 11.4 Å². The van der Waals surface area contributed by atoms with Crippen LogP contribution in [0, 0.1) is 0 Å². The summed E-state index contributed by atoms with van der Waals surface area (Å²) in [6.45, 7) is 1.58. The number of amides is 1. The lowest BCUT2D eigenvalue weighted by atomic mass is 9.89. The number of nitrogens with zero attached hydrogens (tertiary/aromatic N) is 2. The molecule has 1 aliphatic rings. The smallest absolute Gasteiger partial charge is 0.256 e. The predicted octanol–water partition coefficient (Wildman–Crippen LogP) is 1.41. The van der Waals surface area contributed by atoms with E-state index < -0.39 is 23.3 Å². The number of carbonyl (C=O) groups is 2. The van der Waals surface area contributed by atoms with Crippen LogP contribution in [0.2, 0.25) is 0 Å². The average Bonchev–Trinajstić information content (AvgIpc) is 2.72. The molecule has 0 aliphatic carbocycles. The summed E-state index contributed by atoms with van der Waals surface area (Å²) in [4.78, 5) is 29.1. The number of nitrogens with two attached hydrogens (primary N) is 2. The Labute approximate surface area is 147 Å². The minimum Gasteiger partial charge on any atom is -0.337 e. The highest BCUT2D eigenvalue weighted by Gasteiger charge is 2.49. The normalized spacial score (nSPS) is 21.5. The van der Waals surface area contributed by atoms with Crippen molar-refractivity contribution in [1.82, 2.24) is 0 Å². The van der Waals surface area contributed by atoms with Crippen molar-refractivity contribution in [1.29, 1.82) is 0 Å². The van der Waals surface area contributed by atoms with E-state index in [1.54, 1.807) is 14.0 Å². The van der Waals surface area contributed by atoms with Crippen molar-refractivity contribution < 1.29 is 9.59 Å². The number of anilines is 3. The summed E-state index contributed by atoms with van der Waals surface area (Å²) in [6, 6.07) is 16.2. The Morgan fingerprint density at radius 1 is 1.08 bits per heavy atom. The molecule has 6 nitrogen and oxygen atoms in total. The van der Waals surface area contributed by atoms with Gasteiger partial charge in [0, 0.05) is 12.7 Å². The van der Waals surface area contributed by atoms with Crippen molar-refractivity contribution in [2.75, 3.05) is 23.4 Å². The first-order chi connectivity index (χ1) is 11.9. The van der Waals surface area contributed by atoms with Crippen molar-refractivity contribution in [3.8, 4) is 0 Å². The molecule has 0 aromatic heterocycles. The molecule has 0 radical (unpaired) electrons. The number of likely N-dealkylation sites (N-methyl/N-ethyl adjacent to an activating group) is 1. The second kappa shape index (κ2) is 6.31. The van der Waals surface area contributed by atoms with E-state index in [2.05, 4.69) is 0 Å². The third-order valence-corrected chi connectivity index (χ3v) is 4.55. The summed E-state index contributed by atoms with van der Waals surface area (Å²) in [5.41, 5.74) is 12.8. The molecule has 0 fully saturated rings. The minimum atomic E-state index is -1.72. The second-order valence-corrected chi connectivity index (χ2v) is 6.40. The summed E-state index contributed by atoms with van der Waals surface area (Å²) >= 11 is 0. The highest BCUT2D eigenvalue weighted by molar-refractivity contribution is 6.19. The van der Waals surface area contributed by atoms with E-state index in [1.807, 2.05) is 59.5 Å². The molecular weight excluding hydrogens is 316 g/mol. The molecule has 0 saturated carbocycles. The number of para-hydroxylation sites is 3. The van der Waals surface area contributed by atoms with Gasteiger partial charge >= 0.3 is 0 Å². The van der Waals surface area contributed by atoms with Gasteiger partial charge in [0.25, 0.3) is 5.91 Å². The van der Waals surface area contributed by atoms with Crippen molar-refractivity contribution in [3.05, 3.63) is 54.6 Å². The number of benzene rings is 2. The molecule has 1 aliphatic heterocycles. The van der Waals surface area contributed by atoms with E-state index in [0.29, 0.717) is 5.69 Å². The fraction of sp³-hybridized carbons (Fsp3) is 0.263. The Morgan fingerprint density at radius 3 is 2.24 bits per heavy atom. The van der Waals surface area contributed by atoms with Crippen LogP contribution in [0.15, 0.2) is 54.6 Å². The molecule has 1 unspecified atom stereocenters. The first-order valence-electron chi connectivity index (χ1n) is 8.15. The number of hydrogen-bond acceptors (Lipinski definition) is 5. The van der Waals surface area contributed by atoms with Gasteiger partial charge in [-0.2, -0.15) is 0 Å². The van der Waals surface area contributed by atoms with Crippen molar-refractivity contribution in [2.24, 2.45) is 11.5 Å².